The van der Waals surface area contributed by atoms with Crippen molar-refractivity contribution in [2.24, 2.45) is 0 Å². The van der Waals surface area contributed by atoms with Crippen molar-refractivity contribution in [1.82, 2.24) is 0 Å². The minimum Gasteiger partial charge on any atom is -0.507 e. The van der Waals surface area contributed by atoms with Crippen molar-refractivity contribution in [2.45, 2.75) is 13.0 Å². The van der Waals surface area contributed by atoms with E-state index in [0.29, 0.717) is 29.2 Å². The summed E-state index contributed by atoms with van der Waals surface area (Å²) in [6.45, 7) is 2.28. The van der Waals surface area contributed by atoms with Crippen molar-refractivity contribution in [3.05, 3.63) is 94.5 Å². The van der Waals surface area contributed by atoms with Gasteiger partial charge >= 0.3 is 0 Å². The SMILES string of the molecule is CCOc1cccc(/C(O)=C2/C(=O)C(=O)N(c3ccccc3)C2c2ccc(O)c(Cl)c2)c1. The Labute approximate surface area is 189 Å². The molecule has 0 aromatic heterocycles. The highest BCUT2D eigenvalue weighted by atomic mass is 35.5. The number of nitrogens with zero attached hydrogens (tertiary/aromatic N) is 1. The number of ether oxygens (including phenoxy) is 1. The number of carbonyl (C=O) groups is 2. The van der Waals surface area contributed by atoms with E-state index in [4.69, 9.17) is 16.3 Å². The van der Waals surface area contributed by atoms with Crippen LogP contribution in [0.1, 0.15) is 24.1 Å². The summed E-state index contributed by atoms with van der Waals surface area (Å²) in [5, 5.41) is 21.1. The van der Waals surface area contributed by atoms with Gasteiger partial charge in [-0.25, -0.2) is 0 Å². The largest absolute Gasteiger partial charge is 0.507 e. The van der Waals surface area contributed by atoms with Crippen molar-refractivity contribution in [2.75, 3.05) is 11.5 Å². The molecule has 3 aromatic carbocycles. The molecule has 0 bridgehead atoms. The molecule has 1 aliphatic rings. The van der Waals surface area contributed by atoms with Gasteiger partial charge in [0.2, 0.25) is 0 Å². The van der Waals surface area contributed by atoms with E-state index in [1.165, 1.54) is 17.0 Å². The summed E-state index contributed by atoms with van der Waals surface area (Å²) in [4.78, 5) is 27.5. The van der Waals surface area contributed by atoms with E-state index in [1.807, 2.05) is 6.92 Å². The molecule has 1 amide bonds. The molecule has 0 saturated carbocycles. The van der Waals surface area contributed by atoms with E-state index in [9.17, 15) is 19.8 Å². The van der Waals surface area contributed by atoms with Crippen molar-refractivity contribution in [3.63, 3.8) is 0 Å². The van der Waals surface area contributed by atoms with Gasteiger partial charge in [0.1, 0.15) is 17.3 Å². The van der Waals surface area contributed by atoms with Crippen LogP contribution < -0.4 is 9.64 Å². The second kappa shape index (κ2) is 8.77. The number of rotatable bonds is 5. The Morgan fingerprint density at radius 1 is 1.03 bits per heavy atom. The topological polar surface area (TPSA) is 87.1 Å². The zero-order valence-corrected chi connectivity index (χ0v) is 17.9. The number of hydrogen-bond acceptors (Lipinski definition) is 5. The normalized spacial score (nSPS) is 17.6. The van der Waals surface area contributed by atoms with Crippen LogP contribution in [0.3, 0.4) is 0 Å². The number of hydrogen-bond donors (Lipinski definition) is 2. The van der Waals surface area contributed by atoms with E-state index >= 15 is 0 Å². The molecule has 1 unspecified atom stereocenters. The molecular formula is C25H20ClNO5. The Balaban J connectivity index is 1.94. The average Bonchev–Trinajstić information content (AvgIpc) is 3.07. The minimum absolute atomic E-state index is 0.0690. The highest BCUT2D eigenvalue weighted by Gasteiger charge is 2.47. The van der Waals surface area contributed by atoms with Gasteiger partial charge in [0.15, 0.2) is 0 Å². The number of aliphatic hydroxyl groups is 1. The Morgan fingerprint density at radius 2 is 1.78 bits per heavy atom. The lowest BCUT2D eigenvalue weighted by atomic mass is 9.95. The van der Waals surface area contributed by atoms with Crippen LogP contribution in [-0.4, -0.2) is 28.5 Å². The van der Waals surface area contributed by atoms with E-state index < -0.39 is 17.7 Å². The molecule has 3 aromatic rings. The van der Waals surface area contributed by atoms with Crippen LogP contribution in [0.5, 0.6) is 11.5 Å². The second-order valence-corrected chi connectivity index (χ2v) is 7.58. The zero-order valence-electron chi connectivity index (χ0n) is 17.2. The maximum Gasteiger partial charge on any atom is 0.300 e. The molecule has 2 N–H and O–H groups in total. The van der Waals surface area contributed by atoms with Gasteiger partial charge in [-0.1, -0.05) is 48.0 Å². The second-order valence-electron chi connectivity index (χ2n) is 7.18. The van der Waals surface area contributed by atoms with Crippen LogP contribution in [0.15, 0.2) is 78.4 Å². The van der Waals surface area contributed by atoms with E-state index in [-0.39, 0.29) is 22.1 Å². The van der Waals surface area contributed by atoms with Crippen LogP contribution in [-0.2, 0) is 9.59 Å². The molecule has 0 aliphatic carbocycles. The first-order chi connectivity index (χ1) is 15.4. The standard InChI is InChI=1S/C25H20ClNO5/c1-2-32-18-10-6-7-16(13-18)23(29)21-22(15-11-12-20(28)19(26)14-15)27(25(31)24(21)30)17-8-4-3-5-9-17/h3-14,22,28-29H,2H2,1H3/b23-21-. The maximum absolute atomic E-state index is 13.1. The molecule has 1 saturated heterocycles. The number of aliphatic hydroxyl groups excluding tert-OH is 1. The Hall–Kier alpha value is -3.77. The van der Waals surface area contributed by atoms with Crippen LogP contribution in [0.25, 0.3) is 5.76 Å². The number of ketones is 1. The fourth-order valence-corrected chi connectivity index (χ4v) is 3.94. The van der Waals surface area contributed by atoms with Gasteiger partial charge in [0.25, 0.3) is 11.7 Å². The van der Waals surface area contributed by atoms with Gasteiger partial charge in [-0.15, -0.1) is 0 Å². The molecule has 1 atom stereocenters. The Morgan fingerprint density at radius 3 is 2.47 bits per heavy atom. The number of phenols is 1. The fourth-order valence-electron chi connectivity index (χ4n) is 3.75. The van der Waals surface area contributed by atoms with Gasteiger partial charge in [-0.05, 0) is 48.9 Å². The first kappa shape index (κ1) is 21.5. The van der Waals surface area contributed by atoms with Gasteiger partial charge < -0.3 is 14.9 Å². The zero-order chi connectivity index (χ0) is 22.8. The van der Waals surface area contributed by atoms with E-state index in [0.717, 1.165) is 0 Å². The molecule has 1 fully saturated rings. The Bertz CT molecular complexity index is 1220. The lowest BCUT2D eigenvalue weighted by Crippen LogP contribution is -2.29. The number of phenolic OH excluding ortho intramolecular Hbond substituents is 1. The number of benzene rings is 3. The minimum atomic E-state index is -0.939. The average molecular weight is 450 g/mol. The molecule has 162 valence electrons. The third-order valence-electron chi connectivity index (χ3n) is 5.18. The summed E-state index contributed by atoms with van der Waals surface area (Å²) in [6.07, 6.45) is 0. The molecule has 32 heavy (non-hydrogen) atoms. The number of para-hydroxylation sites is 1. The summed E-state index contributed by atoms with van der Waals surface area (Å²) in [7, 11) is 0. The predicted octanol–water partition coefficient (Wildman–Crippen LogP) is 5.07. The summed E-state index contributed by atoms with van der Waals surface area (Å²) in [6, 6.07) is 18.9. The fraction of sp³-hybridized carbons (Fsp3) is 0.120. The highest BCUT2D eigenvalue weighted by molar-refractivity contribution is 6.51. The van der Waals surface area contributed by atoms with Crippen LogP contribution in [0.2, 0.25) is 5.02 Å². The van der Waals surface area contributed by atoms with Crippen LogP contribution in [0.4, 0.5) is 5.69 Å². The van der Waals surface area contributed by atoms with E-state index in [2.05, 4.69) is 0 Å². The van der Waals surface area contributed by atoms with Crippen LogP contribution >= 0.6 is 11.6 Å². The molecule has 0 spiro atoms. The molecule has 0 radical (unpaired) electrons. The highest BCUT2D eigenvalue weighted by Crippen LogP contribution is 2.43. The monoisotopic (exact) mass is 449 g/mol. The number of anilines is 1. The number of aromatic hydroxyl groups is 1. The van der Waals surface area contributed by atoms with Gasteiger partial charge in [0.05, 0.1) is 23.2 Å². The quantitative estimate of drug-likeness (QED) is 0.322. The number of amides is 1. The van der Waals surface area contributed by atoms with Gasteiger partial charge in [-0.3, -0.25) is 14.5 Å². The molecule has 1 aliphatic heterocycles. The number of halogens is 1. The third kappa shape index (κ3) is 3.81. The molecule has 6 nitrogen and oxygen atoms in total. The first-order valence-corrected chi connectivity index (χ1v) is 10.4. The molecule has 1 heterocycles. The Kier molecular flexibility index (Phi) is 5.88. The van der Waals surface area contributed by atoms with Crippen molar-refractivity contribution in [3.8, 4) is 11.5 Å². The van der Waals surface area contributed by atoms with Gasteiger partial charge in [0, 0.05) is 11.3 Å². The smallest absolute Gasteiger partial charge is 0.300 e. The van der Waals surface area contributed by atoms with Crippen molar-refractivity contribution >= 4 is 34.7 Å². The molecule has 7 heteroatoms. The first-order valence-electron chi connectivity index (χ1n) is 10.00. The van der Waals surface area contributed by atoms with Crippen LogP contribution in [0, 0.1) is 0 Å². The van der Waals surface area contributed by atoms with Crippen molar-refractivity contribution < 1.29 is 24.5 Å². The lowest BCUT2D eigenvalue weighted by molar-refractivity contribution is -0.132. The summed E-state index contributed by atoms with van der Waals surface area (Å²) in [5.74, 6) is -1.51. The van der Waals surface area contributed by atoms with Gasteiger partial charge in [-0.2, -0.15) is 0 Å². The molecule has 4 rings (SSSR count). The lowest BCUT2D eigenvalue weighted by Gasteiger charge is -2.25. The summed E-state index contributed by atoms with van der Waals surface area (Å²) < 4.78 is 5.50. The van der Waals surface area contributed by atoms with Crippen molar-refractivity contribution in [1.29, 1.82) is 0 Å². The maximum atomic E-state index is 13.1. The summed E-state index contributed by atoms with van der Waals surface area (Å²) >= 11 is 6.13. The number of Topliss-reactive ketones (excluding diaryl/α,β-unsaturated/α-hetero) is 1. The third-order valence-corrected chi connectivity index (χ3v) is 5.49. The summed E-state index contributed by atoms with van der Waals surface area (Å²) in [5.41, 5.74) is 1.23. The number of carbonyl (C=O) groups excluding carboxylic acids is 2. The molecular weight excluding hydrogens is 430 g/mol. The predicted molar refractivity (Wildman–Crippen MR) is 122 cm³/mol. The van der Waals surface area contributed by atoms with E-state index in [1.54, 1.807) is 60.7 Å².